The average Bonchev–Trinajstić information content (AvgIpc) is 3.01. The predicted molar refractivity (Wildman–Crippen MR) is 59.8 cm³/mol. The molecule has 0 aliphatic heterocycles. The largest absolute Gasteiger partial charge is 0.325 e. The van der Waals surface area contributed by atoms with Crippen molar-refractivity contribution < 1.29 is 0 Å². The van der Waals surface area contributed by atoms with Gasteiger partial charge in [-0.15, -0.1) is 0 Å². The third-order valence-electron chi connectivity index (χ3n) is 2.46. The summed E-state index contributed by atoms with van der Waals surface area (Å²) in [7, 11) is 0. The third kappa shape index (κ3) is 3.85. The summed E-state index contributed by atoms with van der Waals surface area (Å²) in [4.78, 5) is 13.8. The summed E-state index contributed by atoms with van der Waals surface area (Å²) in [5.74, 6) is 0. The Bertz CT molecular complexity index is 357. The predicted octanol–water partition coefficient (Wildman–Crippen LogP) is 0.216. The summed E-state index contributed by atoms with van der Waals surface area (Å²) in [6, 6.07) is 5.99. The summed E-state index contributed by atoms with van der Waals surface area (Å²) in [5.41, 5.74) is 0.902. The highest BCUT2D eigenvalue weighted by atomic mass is 16.1. The Balaban J connectivity index is 1.62. The Morgan fingerprint density at radius 1 is 1.33 bits per heavy atom. The molecule has 82 valence electrons. The third-order valence-corrected chi connectivity index (χ3v) is 2.46. The SMILES string of the molecule is O=c1cccc(CNCCNC2CC2)[nH]1. The van der Waals surface area contributed by atoms with Crippen molar-refractivity contribution in [2.45, 2.75) is 25.4 Å². The van der Waals surface area contributed by atoms with Crippen molar-refractivity contribution in [2.24, 2.45) is 0 Å². The van der Waals surface area contributed by atoms with E-state index in [1.165, 1.54) is 18.9 Å². The van der Waals surface area contributed by atoms with Crippen molar-refractivity contribution in [3.63, 3.8) is 0 Å². The Labute approximate surface area is 89.1 Å². The molecule has 1 saturated carbocycles. The lowest BCUT2D eigenvalue weighted by molar-refractivity contribution is 0.603. The minimum Gasteiger partial charge on any atom is -0.325 e. The molecule has 0 bridgehead atoms. The van der Waals surface area contributed by atoms with Gasteiger partial charge in [0.05, 0.1) is 0 Å². The standard InChI is InChI=1S/C11H17N3O/c15-11-3-1-2-10(14-11)8-12-6-7-13-9-4-5-9/h1-3,9,12-13H,4-8H2,(H,14,15). The number of hydrogen-bond acceptors (Lipinski definition) is 3. The molecule has 0 saturated heterocycles. The van der Waals surface area contributed by atoms with Crippen LogP contribution >= 0.6 is 0 Å². The van der Waals surface area contributed by atoms with E-state index in [4.69, 9.17) is 0 Å². The molecule has 1 aromatic rings. The van der Waals surface area contributed by atoms with Crippen LogP contribution in [0.4, 0.5) is 0 Å². The van der Waals surface area contributed by atoms with Gasteiger partial charge in [0.15, 0.2) is 0 Å². The quantitative estimate of drug-likeness (QED) is 0.585. The first-order chi connectivity index (χ1) is 7.34. The van der Waals surface area contributed by atoms with Gasteiger partial charge in [0.2, 0.25) is 5.56 Å². The first-order valence-electron chi connectivity index (χ1n) is 5.47. The van der Waals surface area contributed by atoms with Crippen LogP contribution < -0.4 is 16.2 Å². The van der Waals surface area contributed by atoms with E-state index in [1.54, 1.807) is 6.07 Å². The maximum Gasteiger partial charge on any atom is 0.248 e. The van der Waals surface area contributed by atoms with Crippen LogP contribution in [-0.4, -0.2) is 24.1 Å². The van der Waals surface area contributed by atoms with Gasteiger partial charge in [0.1, 0.15) is 0 Å². The lowest BCUT2D eigenvalue weighted by atomic mass is 10.3. The Kier molecular flexibility index (Phi) is 3.53. The molecule has 0 unspecified atom stereocenters. The van der Waals surface area contributed by atoms with Gasteiger partial charge >= 0.3 is 0 Å². The number of pyridine rings is 1. The van der Waals surface area contributed by atoms with E-state index in [0.29, 0.717) is 0 Å². The molecule has 0 amide bonds. The highest BCUT2D eigenvalue weighted by molar-refractivity contribution is 5.03. The number of nitrogens with one attached hydrogen (secondary N) is 3. The van der Waals surface area contributed by atoms with Crippen LogP contribution in [-0.2, 0) is 6.54 Å². The summed E-state index contributed by atoms with van der Waals surface area (Å²) in [5, 5.41) is 6.70. The number of aromatic nitrogens is 1. The maximum atomic E-state index is 11.0. The fraction of sp³-hybridized carbons (Fsp3) is 0.545. The molecule has 0 atom stereocenters. The van der Waals surface area contributed by atoms with Crippen molar-refractivity contribution in [2.75, 3.05) is 13.1 Å². The minimum absolute atomic E-state index is 0.0367. The molecule has 0 spiro atoms. The van der Waals surface area contributed by atoms with Crippen LogP contribution in [0, 0.1) is 0 Å². The first kappa shape index (κ1) is 10.4. The van der Waals surface area contributed by atoms with Gasteiger partial charge in [-0.05, 0) is 18.9 Å². The zero-order chi connectivity index (χ0) is 10.5. The van der Waals surface area contributed by atoms with E-state index in [-0.39, 0.29) is 5.56 Å². The molecule has 1 aliphatic carbocycles. The lowest BCUT2D eigenvalue weighted by Crippen LogP contribution is -2.28. The Morgan fingerprint density at radius 3 is 2.93 bits per heavy atom. The normalized spacial score (nSPS) is 15.5. The molecule has 1 aliphatic rings. The minimum atomic E-state index is -0.0367. The second-order valence-corrected chi connectivity index (χ2v) is 3.95. The van der Waals surface area contributed by atoms with Crippen molar-refractivity contribution in [1.82, 2.24) is 15.6 Å². The van der Waals surface area contributed by atoms with Crippen LogP contribution in [0.25, 0.3) is 0 Å². The van der Waals surface area contributed by atoms with Crippen LogP contribution in [0.5, 0.6) is 0 Å². The van der Waals surface area contributed by atoms with Gasteiger partial charge in [-0.3, -0.25) is 4.79 Å². The molecule has 1 aromatic heterocycles. The van der Waals surface area contributed by atoms with Gasteiger partial charge in [-0.1, -0.05) is 6.07 Å². The highest BCUT2D eigenvalue weighted by Crippen LogP contribution is 2.17. The van der Waals surface area contributed by atoms with Gasteiger partial charge in [-0.2, -0.15) is 0 Å². The fourth-order valence-corrected chi connectivity index (χ4v) is 1.47. The fourth-order valence-electron chi connectivity index (χ4n) is 1.47. The van der Waals surface area contributed by atoms with E-state index in [1.807, 2.05) is 6.07 Å². The first-order valence-corrected chi connectivity index (χ1v) is 5.47. The van der Waals surface area contributed by atoms with Gasteiger partial charge in [0, 0.05) is 37.4 Å². The Hall–Kier alpha value is -1.13. The van der Waals surface area contributed by atoms with Crippen molar-refractivity contribution in [3.8, 4) is 0 Å². The number of hydrogen-bond donors (Lipinski definition) is 3. The molecule has 4 nitrogen and oxygen atoms in total. The van der Waals surface area contributed by atoms with E-state index in [2.05, 4.69) is 15.6 Å². The zero-order valence-corrected chi connectivity index (χ0v) is 8.75. The molecule has 4 heteroatoms. The van der Waals surface area contributed by atoms with Crippen LogP contribution in [0.15, 0.2) is 23.0 Å². The maximum absolute atomic E-state index is 11.0. The van der Waals surface area contributed by atoms with E-state index >= 15 is 0 Å². The van der Waals surface area contributed by atoms with Crippen molar-refractivity contribution in [3.05, 3.63) is 34.2 Å². The van der Waals surface area contributed by atoms with Gasteiger partial charge in [0.25, 0.3) is 0 Å². The zero-order valence-electron chi connectivity index (χ0n) is 8.75. The van der Waals surface area contributed by atoms with E-state index < -0.39 is 0 Å². The highest BCUT2D eigenvalue weighted by Gasteiger charge is 2.19. The Morgan fingerprint density at radius 2 is 2.20 bits per heavy atom. The summed E-state index contributed by atoms with van der Waals surface area (Å²) in [6.07, 6.45) is 2.65. The van der Waals surface area contributed by atoms with Crippen LogP contribution in [0.3, 0.4) is 0 Å². The van der Waals surface area contributed by atoms with E-state index in [0.717, 1.165) is 31.4 Å². The lowest BCUT2D eigenvalue weighted by Gasteiger charge is -2.05. The van der Waals surface area contributed by atoms with E-state index in [9.17, 15) is 4.79 Å². The summed E-state index contributed by atoms with van der Waals surface area (Å²) < 4.78 is 0. The smallest absolute Gasteiger partial charge is 0.248 e. The van der Waals surface area contributed by atoms with Gasteiger partial charge in [-0.25, -0.2) is 0 Å². The van der Waals surface area contributed by atoms with Crippen LogP contribution in [0.2, 0.25) is 0 Å². The monoisotopic (exact) mass is 207 g/mol. The second kappa shape index (κ2) is 5.09. The molecule has 1 fully saturated rings. The van der Waals surface area contributed by atoms with Crippen LogP contribution in [0.1, 0.15) is 18.5 Å². The number of H-pyrrole nitrogens is 1. The average molecular weight is 207 g/mol. The molecule has 0 radical (unpaired) electrons. The second-order valence-electron chi connectivity index (χ2n) is 3.95. The molecular formula is C11H17N3O. The molecule has 15 heavy (non-hydrogen) atoms. The summed E-state index contributed by atoms with van der Waals surface area (Å²) >= 11 is 0. The van der Waals surface area contributed by atoms with Crippen molar-refractivity contribution >= 4 is 0 Å². The molecule has 2 rings (SSSR count). The number of rotatable bonds is 6. The summed E-state index contributed by atoms with van der Waals surface area (Å²) in [6.45, 7) is 2.66. The number of aromatic amines is 1. The molecule has 3 N–H and O–H groups in total. The molecule has 0 aromatic carbocycles. The molecule has 1 heterocycles. The van der Waals surface area contributed by atoms with Crippen molar-refractivity contribution in [1.29, 1.82) is 0 Å². The molecular weight excluding hydrogens is 190 g/mol. The topological polar surface area (TPSA) is 56.9 Å². The van der Waals surface area contributed by atoms with Gasteiger partial charge < -0.3 is 15.6 Å².